The van der Waals surface area contributed by atoms with Crippen LogP contribution in [0.5, 0.6) is 5.75 Å². The van der Waals surface area contributed by atoms with Crippen LogP contribution in [0.3, 0.4) is 0 Å². The van der Waals surface area contributed by atoms with E-state index in [0.29, 0.717) is 18.3 Å². The highest BCUT2D eigenvalue weighted by atomic mass is 127. The van der Waals surface area contributed by atoms with Crippen molar-refractivity contribution in [2.45, 2.75) is 46.1 Å². The first kappa shape index (κ1) is 25.4. The van der Waals surface area contributed by atoms with Gasteiger partial charge in [-0.25, -0.2) is 9.38 Å². The lowest BCUT2D eigenvalue weighted by atomic mass is 10.1. The van der Waals surface area contributed by atoms with Crippen molar-refractivity contribution < 1.29 is 13.9 Å². The van der Waals surface area contributed by atoms with Gasteiger partial charge in [-0.15, -0.1) is 24.0 Å². The van der Waals surface area contributed by atoms with E-state index >= 15 is 0 Å². The first-order chi connectivity index (χ1) is 12.3. The average molecular weight is 494 g/mol. The fourth-order valence-corrected chi connectivity index (χ4v) is 2.11. The van der Waals surface area contributed by atoms with Gasteiger partial charge in [-0.05, 0) is 64.8 Å². The molecular formula is C19H32FIN4O2. The van der Waals surface area contributed by atoms with E-state index in [-0.39, 0.29) is 47.8 Å². The van der Waals surface area contributed by atoms with Crippen molar-refractivity contribution in [2.24, 2.45) is 4.99 Å². The number of rotatable bonds is 9. The van der Waals surface area contributed by atoms with Crippen molar-refractivity contribution in [3.05, 3.63) is 30.1 Å². The molecule has 0 atom stereocenters. The predicted molar refractivity (Wildman–Crippen MR) is 118 cm³/mol. The largest absolute Gasteiger partial charge is 0.494 e. The third kappa shape index (κ3) is 13.3. The molecule has 27 heavy (non-hydrogen) atoms. The molecule has 0 heterocycles. The number of unbranched alkanes of at least 4 members (excludes halogenated alkanes) is 1. The highest BCUT2D eigenvalue weighted by Gasteiger charge is 2.13. The monoisotopic (exact) mass is 494 g/mol. The molecule has 8 heteroatoms. The zero-order valence-corrected chi connectivity index (χ0v) is 18.9. The second-order valence-corrected chi connectivity index (χ2v) is 6.93. The number of guanidine groups is 1. The minimum atomic E-state index is -0.270. The van der Waals surface area contributed by atoms with Crippen LogP contribution in [-0.2, 0) is 4.79 Å². The fourth-order valence-electron chi connectivity index (χ4n) is 2.11. The minimum absolute atomic E-state index is 0. The molecule has 0 aromatic heterocycles. The Kier molecular flexibility index (Phi) is 12.8. The van der Waals surface area contributed by atoms with Crippen molar-refractivity contribution in [2.75, 3.05) is 26.2 Å². The molecule has 0 bridgehead atoms. The molecule has 0 aliphatic heterocycles. The smallest absolute Gasteiger partial charge is 0.242 e. The quantitative estimate of drug-likeness (QED) is 0.214. The summed E-state index contributed by atoms with van der Waals surface area (Å²) in [6.07, 6.45) is 1.74. The number of nitrogens with one attached hydrogen (secondary N) is 3. The summed E-state index contributed by atoms with van der Waals surface area (Å²) in [6, 6.07) is 6.00. The molecule has 6 nitrogen and oxygen atoms in total. The highest BCUT2D eigenvalue weighted by Crippen LogP contribution is 2.11. The van der Waals surface area contributed by atoms with E-state index in [1.165, 1.54) is 12.1 Å². The third-order valence-electron chi connectivity index (χ3n) is 3.19. The van der Waals surface area contributed by atoms with Gasteiger partial charge in [-0.1, -0.05) is 0 Å². The summed E-state index contributed by atoms with van der Waals surface area (Å²) in [5.41, 5.74) is -0.261. The lowest BCUT2D eigenvalue weighted by molar-refractivity contribution is -0.121. The number of hydrogen-bond acceptors (Lipinski definition) is 3. The summed E-state index contributed by atoms with van der Waals surface area (Å²) < 4.78 is 18.3. The van der Waals surface area contributed by atoms with Gasteiger partial charge in [-0.2, -0.15) is 0 Å². The van der Waals surface area contributed by atoms with E-state index in [9.17, 15) is 9.18 Å². The zero-order valence-electron chi connectivity index (χ0n) is 16.6. The van der Waals surface area contributed by atoms with Gasteiger partial charge in [0.1, 0.15) is 18.1 Å². The molecule has 0 radical (unpaired) electrons. The summed E-state index contributed by atoms with van der Waals surface area (Å²) >= 11 is 0. The van der Waals surface area contributed by atoms with Crippen molar-refractivity contribution in [3.8, 4) is 5.75 Å². The van der Waals surface area contributed by atoms with E-state index in [1.807, 2.05) is 27.7 Å². The minimum Gasteiger partial charge on any atom is -0.494 e. The van der Waals surface area contributed by atoms with Gasteiger partial charge < -0.3 is 20.7 Å². The summed E-state index contributed by atoms with van der Waals surface area (Å²) in [4.78, 5) is 16.1. The van der Waals surface area contributed by atoms with Gasteiger partial charge in [0.2, 0.25) is 5.91 Å². The Morgan fingerprint density at radius 1 is 1.15 bits per heavy atom. The SMILES string of the molecule is CCNC(=NCC(=O)NC(C)(C)C)NCCCCOc1ccc(F)cc1.I. The van der Waals surface area contributed by atoms with Gasteiger partial charge >= 0.3 is 0 Å². The van der Waals surface area contributed by atoms with Crippen LogP contribution < -0.4 is 20.7 Å². The van der Waals surface area contributed by atoms with E-state index < -0.39 is 0 Å². The normalized spacial score (nSPS) is 11.4. The van der Waals surface area contributed by atoms with Crippen LogP contribution in [0.4, 0.5) is 4.39 Å². The highest BCUT2D eigenvalue weighted by molar-refractivity contribution is 14.0. The molecule has 154 valence electrons. The average Bonchev–Trinajstić information content (AvgIpc) is 2.55. The molecule has 0 unspecified atom stereocenters. The third-order valence-corrected chi connectivity index (χ3v) is 3.19. The van der Waals surface area contributed by atoms with Crippen LogP contribution in [0.25, 0.3) is 0 Å². The van der Waals surface area contributed by atoms with Gasteiger partial charge in [0.05, 0.1) is 6.61 Å². The Morgan fingerprint density at radius 3 is 2.41 bits per heavy atom. The number of carbonyl (C=O) groups is 1. The molecule has 0 fully saturated rings. The first-order valence-corrected chi connectivity index (χ1v) is 9.01. The van der Waals surface area contributed by atoms with Crippen molar-refractivity contribution >= 4 is 35.8 Å². The summed E-state index contributed by atoms with van der Waals surface area (Å²) in [5.74, 6) is 0.908. The van der Waals surface area contributed by atoms with E-state index in [0.717, 1.165) is 25.9 Å². The van der Waals surface area contributed by atoms with Crippen LogP contribution in [0.2, 0.25) is 0 Å². The Bertz CT molecular complexity index is 574. The van der Waals surface area contributed by atoms with Crippen molar-refractivity contribution in [1.29, 1.82) is 0 Å². The van der Waals surface area contributed by atoms with Gasteiger partial charge in [0, 0.05) is 18.6 Å². The molecule has 1 amide bonds. The van der Waals surface area contributed by atoms with Gasteiger partial charge in [0.15, 0.2) is 5.96 Å². The Balaban J connectivity index is 0.00000676. The molecule has 0 aliphatic rings. The number of hydrogen-bond donors (Lipinski definition) is 3. The fraction of sp³-hybridized carbons (Fsp3) is 0.579. The van der Waals surface area contributed by atoms with Crippen molar-refractivity contribution in [3.63, 3.8) is 0 Å². The molecular weight excluding hydrogens is 462 g/mol. The molecule has 3 N–H and O–H groups in total. The first-order valence-electron chi connectivity index (χ1n) is 9.01. The summed E-state index contributed by atoms with van der Waals surface area (Å²) in [6.45, 7) is 9.88. The number of ether oxygens (including phenoxy) is 1. The van der Waals surface area contributed by atoms with Crippen LogP contribution in [0, 0.1) is 5.82 Å². The topological polar surface area (TPSA) is 74.8 Å². The van der Waals surface area contributed by atoms with Gasteiger partial charge in [0.25, 0.3) is 0 Å². The number of carbonyl (C=O) groups excluding carboxylic acids is 1. The van der Waals surface area contributed by atoms with Crippen LogP contribution in [-0.4, -0.2) is 43.6 Å². The molecule has 0 aliphatic carbocycles. The lowest BCUT2D eigenvalue weighted by Crippen LogP contribution is -2.43. The van der Waals surface area contributed by atoms with Crippen LogP contribution in [0.1, 0.15) is 40.5 Å². The number of amides is 1. The number of benzene rings is 1. The van der Waals surface area contributed by atoms with E-state index in [4.69, 9.17) is 4.74 Å². The second kappa shape index (κ2) is 13.6. The Labute approximate surface area is 178 Å². The predicted octanol–water partition coefficient (Wildman–Crippen LogP) is 3.07. The van der Waals surface area contributed by atoms with Gasteiger partial charge in [-0.3, -0.25) is 4.79 Å². The summed E-state index contributed by atoms with van der Waals surface area (Å²) in [5, 5.41) is 9.19. The Morgan fingerprint density at radius 2 is 1.81 bits per heavy atom. The zero-order chi connectivity index (χ0) is 19.4. The maximum absolute atomic E-state index is 12.8. The molecule has 1 aromatic rings. The maximum Gasteiger partial charge on any atom is 0.242 e. The summed E-state index contributed by atoms with van der Waals surface area (Å²) in [7, 11) is 0. The molecule has 0 spiro atoms. The Hall–Kier alpha value is -1.58. The molecule has 1 rings (SSSR count). The molecule has 1 aromatic carbocycles. The number of aliphatic imine (C=N–C) groups is 1. The standard InChI is InChI=1S/C19H31FN4O2.HI/c1-5-21-18(23-14-17(25)24-19(2,3)4)22-12-6-7-13-26-16-10-8-15(20)9-11-16;/h8-11H,5-7,12-14H2,1-4H3,(H,24,25)(H2,21,22,23);1H. The second-order valence-electron chi connectivity index (χ2n) is 6.93. The van der Waals surface area contributed by atoms with E-state index in [1.54, 1.807) is 12.1 Å². The maximum atomic E-state index is 12.8. The van der Waals surface area contributed by atoms with Crippen LogP contribution >= 0.6 is 24.0 Å². The molecule has 0 saturated carbocycles. The number of halogens is 2. The van der Waals surface area contributed by atoms with E-state index in [2.05, 4.69) is 20.9 Å². The lowest BCUT2D eigenvalue weighted by Gasteiger charge is -2.20. The van der Waals surface area contributed by atoms with Crippen molar-refractivity contribution in [1.82, 2.24) is 16.0 Å². The number of nitrogens with zero attached hydrogens (tertiary/aromatic N) is 1. The van der Waals surface area contributed by atoms with Crippen LogP contribution in [0.15, 0.2) is 29.3 Å². The molecule has 0 saturated heterocycles.